The van der Waals surface area contributed by atoms with Crippen LogP contribution in [0.15, 0.2) is 10.6 Å². The van der Waals surface area contributed by atoms with Crippen molar-refractivity contribution in [2.45, 2.75) is 12.3 Å². The fraction of sp³-hybridized carbons (Fsp3) is 0.500. The van der Waals surface area contributed by atoms with Crippen molar-refractivity contribution in [1.82, 2.24) is 20.7 Å². The van der Waals surface area contributed by atoms with Crippen molar-refractivity contribution in [2.75, 3.05) is 0 Å². The summed E-state index contributed by atoms with van der Waals surface area (Å²) in [4.78, 5) is 42.4. The first-order chi connectivity index (χ1) is 6.69. The largest absolute Gasteiger partial charge is 0.344 e. The number of amides is 4. The second-order valence-corrected chi connectivity index (χ2v) is 2.64. The van der Waals surface area contributed by atoms with Crippen LogP contribution in [0, 0.1) is 9.81 Å². The Bertz CT molecular complexity index is 300. The van der Waals surface area contributed by atoms with E-state index in [1.807, 2.05) is 0 Å². The summed E-state index contributed by atoms with van der Waals surface area (Å²) in [5, 5.41) is 10.1. The molecule has 2 heterocycles. The lowest BCUT2D eigenvalue weighted by Crippen LogP contribution is -2.40. The van der Waals surface area contributed by atoms with E-state index in [2.05, 4.69) is 21.2 Å². The quantitative estimate of drug-likeness (QED) is 0.557. The predicted octanol–water partition coefficient (Wildman–Crippen LogP) is -0.948. The molecule has 0 radical (unpaired) electrons. The second kappa shape index (κ2) is 2.61. The minimum atomic E-state index is -1.12. The van der Waals surface area contributed by atoms with E-state index in [1.165, 1.54) is 0 Å². The summed E-state index contributed by atoms with van der Waals surface area (Å²) in [7, 11) is 0. The molecule has 2 aliphatic rings. The molecule has 2 fully saturated rings. The van der Waals surface area contributed by atoms with E-state index >= 15 is 0 Å². The summed E-state index contributed by atoms with van der Waals surface area (Å²) in [6.07, 6.45) is -1.96. The van der Waals surface area contributed by atoms with Gasteiger partial charge in [0.1, 0.15) is 6.17 Å². The highest BCUT2D eigenvalue weighted by molar-refractivity contribution is 5.84. The Kier molecular flexibility index (Phi) is 1.56. The zero-order valence-electron chi connectivity index (χ0n) is 6.58. The highest BCUT2D eigenvalue weighted by atomic mass is 16.3. The van der Waals surface area contributed by atoms with E-state index in [-0.39, 0.29) is 0 Å². The molecule has 74 valence electrons. The van der Waals surface area contributed by atoms with Gasteiger partial charge in [0.2, 0.25) is 0 Å². The molecule has 0 aromatic carbocycles. The zero-order valence-corrected chi connectivity index (χ0v) is 6.58. The van der Waals surface area contributed by atoms with Crippen LogP contribution in [-0.4, -0.2) is 34.4 Å². The molecule has 2 saturated heterocycles. The van der Waals surface area contributed by atoms with Crippen molar-refractivity contribution in [1.29, 1.82) is 0 Å². The Balaban J connectivity index is 2.32. The average molecular weight is 200 g/mol. The molecule has 2 rings (SSSR count). The van der Waals surface area contributed by atoms with Gasteiger partial charge >= 0.3 is 12.1 Å². The number of hydrogen-bond acceptors (Lipinski definition) is 6. The Morgan fingerprint density at radius 1 is 1.00 bits per heavy atom. The highest BCUT2D eigenvalue weighted by Crippen LogP contribution is 2.22. The van der Waals surface area contributed by atoms with Crippen LogP contribution in [0.25, 0.3) is 0 Å². The molecule has 4 amide bonds. The standard InChI is InChI=1S/C4H4N6O4/c11-3-5-1-2(9(3)7-13)10(8-14)4(12)6-1/h1-2H,(H,5,11)(H,6,12). The molecule has 0 spiro atoms. The van der Waals surface area contributed by atoms with Gasteiger partial charge in [-0.05, 0) is 0 Å². The van der Waals surface area contributed by atoms with Crippen LogP contribution >= 0.6 is 0 Å². The molecule has 0 unspecified atom stereocenters. The number of urea groups is 2. The predicted molar refractivity (Wildman–Crippen MR) is 39.9 cm³/mol. The van der Waals surface area contributed by atoms with Crippen LogP contribution < -0.4 is 10.6 Å². The van der Waals surface area contributed by atoms with E-state index in [0.717, 1.165) is 0 Å². The van der Waals surface area contributed by atoms with Gasteiger partial charge in [-0.1, -0.05) is 0 Å². The maximum absolute atomic E-state index is 11.0. The summed E-state index contributed by atoms with van der Waals surface area (Å²) in [6, 6.07) is -1.58. The van der Waals surface area contributed by atoms with E-state index in [9.17, 15) is 19.4 Å². The van der Waals surface area contributed by atoms with E-state index < -0.39 is 24.4 Å². The number of nitroso groups, excluding NO2 is 2. The molecule has 2 N–H and O–H groups in total. The van der Waals surface area contributed by atoms with Crippen molar-refractivity contribution < 1.29 is 9.59 Å². The third-order valence-electron chi connectivity index (χ3n) is 1.95. The maximum Gasteiger partial charge on any atom is 0.344 e. The van der Waals surface area contributed by atoms with Crippen molar-refractivity contribution in [3.05, 3.63) is 9.81 Å². The summed E-state index contributed by atoms with van der Waals surface area (Å²) in [5.74, 6) is 0. The van der Waals surface area contributed by atoms with Crippen LogP contribution in [0.3, 0.4) is 0 Å². The van der Waals surface area contributed by atoms with Gasteiger partial charge in [-0.2, -0.15) is 0 Å². The van der Waals surface area contributed by atoms with Gasteiger partial charge in [-0.15, -0.1) is 19.8 Å². The molecule has 0 bridgehead atoms. The summed E-state index contributed by atoms with van der Waals surface area (Å²) in [5.41, 5.74) is 0. The van der Waals surface area contributed by atoms with E-state index in [0.29, 0.717) is 10.0 Å². The van der Waals surface area contributed by atoms with Gasteiger partial charge < -0.3 is 10.6 Å². The molecule has 10 heteroatoms. The monoisotopic (exact) mass is 200 g/mol. The zero-order chi connectivity index (χ0) is 10.3. The lowest BCUT2D eigenvalue weighted by molar-refractivity contribution is 0.132. The highest BCUT2D eigenvalue weighted by Gasteiger charge is 2.53. The van der Waals surface area contributed by atoms with Crippen molar-refractivity contribution in [3.63, 3.8) is 0 Å². The van der Waals surface area contributed by atoms with Gasteiger partial charge in [0, 0.05) is 0 Å². The topological polar surface area (TPSA) is 124 Å². The van der Waals surface area contributed by atoms with E-state index in [1.54, 1.807) is 0 Å². The smallest absolute Gasteiger partial charge is 0.312 e. The Morgan fingerprint density at radius 3 is 1.79 bits per heavy atom. The SMILES string of the molecule is O=NN1C(=O)NC2NC(=O)N(N=O)C21. The van der Waals surface area contributed by atoms with Gasteiger partial charge in [-0.3, -0.25) is 0 Å². The first-order valence-electron chi connectivity index (χ1n) is 3.55. The number of nitrogens with one attached hydrogen (secondary N) is 2. The lowest BCUT2D eigenvalue weighted by atomic mass is 10.4. The van der Waals surface area contributed by atoms with Crippen LogP contribution in [0.4, 0.5) is 9.59 Å². The second-order valence-electron chi connectivity index (χ2n) is 2.64. The van der Waals surface area contributed by atoms with Gasteiger partial charge in [0.05, 0.1) is 10.6 Å². The van der Waals surface area contributed by atoms with Crippen molar-refractivity contribution in [3.8, 4) is 0 Å². The number of fused-ring (bicyclic) bond motifs is 1. The fourth-order valence-corrected chi connectivity index (χ4v) is 1.38. The molecule has 0 aromatic rings. The fourth-order valence-electron chi connectivity index (χ4n) is 1.38. The number of rotatable bonds is 2. The number of carbonyl (C=O) groups is 2. The minimum Gasteiger partial charge on any atom is -0.312 e. The maximum atomic E-state index is 11.0. The van der Waals surface area contributed by atoms with Gasteiger partial charge in [0.25, 0.3) is 0 Å². The number of hydrogen-bond donors (Lipinski definition) is 2. The molecule has 14 heavy (non-hydrogen) atoms. The Hall–Kier alpha value is -2.26. The molecule has 2 aliphatic heterocycles. The summed E-state index contributed by atoms with van der Waals surface area (Å²) < 4.78 is 0. The average Bonchev–Trinajstić information content (AvgIpc) is 2.58. The molecular formula is C4H4N6O4. The normalized spacial score (nSPS) is 29.7. The molecule has 10 nitrogen and oxygen atoms in total. The first kappa shape index (κ1) is 8.34. The number of nitrogens with zero attached hydrogens (tertiary/aromatic N) is 4. The van der Waals surface area contributed by atoms with Gasteiger partial charge in [-0.25, -0.2) is 9.59 Å². The van der Waals surface area contributed by atoms with E-state index in [4.69, 9.17) is 0 Å². The Morgan fingerprint density at radius 2 is 1.43 bits per heavy atom. The van der Waals surface area contributed by atoms with Gasteiger partial charge in [0.15, 0.2) is 6.17 Å². The van der Waals surface area contributed by atoms with Crippen LogP contribution in [-0.2, 0) is 0 Å². The lowest BCUT2D eigenvalue weighted by Gasteiger charge is -2.15. The molecule has 0 atom stereocenters. The van der Waals surface area contributed by atoms with Crippen LogP contribution in [0.1, 0.15) is 0 Å². The Labute approximate surface area is 76.1 Å². The van der Waals surface area contributed by atoms with Crippen LogP contribution in [0.2, 0.25) is 0 Å². The summed E-state index contributed by atoms with van der Waals surface area (Å²) in [6.45, 7) is 0. The molecular weight excluding hydrogens is 196 g/mol. The molecule has 0 saturated carbocycles. The minimum absolute atomic E-state index is 0.434. The van der Waals surface area contributed by atoms with Crippen LogP contribution in [0.5, 0.6) is 0 Å². The third kappa shape index (κ3) is 0.841. The molecule has 0 aromatic heterocycles. The summed E-state index contributed by atoms with van der Waals surface area (Å²) >= 11 is 0. The third-order valence-corrected chi connectivity index (χ3v) is 1.95. The van der Waals surface area contributed by atoms with Crippen molar-refractivity contribution in [2.24, 2.45) is 10.6 Å². The first-order valence-corrected chi connectivity index (χ1v) is 3.55. The molecule has 0 aliphatic carbocycles. The number of carbonyl (C=O) groups excluding carboxylic acids is 2. The van der Waals surface area contributed by atoms with Crippen molar-refractivity contribution >= 4 is 12.1 Å².